The van der Waals surface area contributed by atoms with Gasteiger partial charge in [0.2, 0.25) is 0 Å². The molecule has 2 rings (SSSR count). The molecule has 0 saturated carbocycles. The van der Waals surface area contributed by atoms with Gasteiger partial charge in [-0.15, -0.1) is 0 Å². The molecule has 0 radical (unpaired) electrons. The van der Waals surface area contributed by atoms with Gasteiger partial charge in [-0.05, 0) is 31.7 Å². The Morgan fingerprint density at radius 1 is 1.31 bits per heavy atom. The molecule has 0 aromatic carbocycles. The van der Waals surface area contributed by atoms with Crippen molar-refractivity contribution in [3.8, 4) is 0 Å². The van der Waals surface area contributed by atoms with E-state index >= 15 is 0 Å². The number of nitrogens with two attached hydrogens (primary N) is 1. The highest BCUT2D eigenvalue weighted by Crippen LogP contribution is 2.28. The number of piperidine rings is 2. The lowest BCUT2D eigenvalue weighted by atomic mass is 9.87. The lowest BCUT2D eigenvalue weighted by Crippen LogP contribution is -2.48. The topological polar surface area (TPSA) is 38.5 Å². The quantitative estimate of drug-likeness (QED) is 0.692. The molecule has 2 bridgehead atoms. The molecule has 2 heterocycles. The van der Waals surface area contributed by atoms with Crippen LogP contribution in [0, 0.1) is 5.92 Å². The van der Waals surface area contributed by atoms with Crippen molar-refractivity contribution >= 4 is 0 Å². The normalized spacial score (nSPS) is 39.0. The predicted octanol–water partition coefficient (Wildman–Crippen LogP) is 0.446. The molecule has 2 N–H and O–H groups in total. The van der Waals surface area contributed by atoms with Crippen molar-refractivity contribution in [3.63, 3.8) is 0 Å². The van der Waals surface area contributed by atoms with E-state index in [0.717, 1.165) is 12.5 Å². The molecule has 2 saturated heterocycles. The Morgan fingerprint density at radius 2 is 2.23 bits per heavy atom. The van der Waals surface area contributed by atoms with Gasteiger partial charge in [0.15, 0.2) is 0 Å². The van der Waals surface area contributed by atoms with Crippen LogP contribution in [0.3, 0.4) is 0 Å². The van der Waals surface area contributed by atoms with Gasteiger partial charge in [0.1, 0.15) is 0 Å². The van der Waals surface area contributed by atoms with Crippen molar-refractivity contribution in [2.75, 3.05) is 32.8 Å². The molecule has 0 aliphatic carbocycles. The fourth-order valence-electron chi connectivity index (χ4n) is 2.58. The summed E-state index contributed by atoms with van der Waals surface area (Å²) in [6.45, 7) is 5.19. The molecular formula is C10H20N2O. The monoisotopic (exact) mass is 184 g/mol. The highest BCUT2D eigenvalue weighted by molar-refractivity contribution is 4.85. The summed E-state index contributed by atoms with van der Waals surface area (Å²) in [6.07, 6.45) is 4.42. The highest BCUT2D eigenvalue weighted by Gasteiger charge is 2.32. The second-order valence-electron chi connectivity index (χ2n) is 4.19. The summed E-state index contributed by atoms with van der Waals surface area (Å²) in [7, 11) is 0. The van der Waals surface area contributed by atoms with Gasteiger partial charge in [0.05, 0.1) is 12.7 Å². The van der Waals surface area contributed by atoms with E-state index in [1.165, 1.54) is 38.9 Å². The minimum absolute atomic E-state index is 0.500. The maximum atomic E-state index is 5.77. The van der Waals surface area contributed by atoms with Gasteiger partial charge in [-0.1, -0.05) is 0 Å². The zero-order valence-corrected chi connectivity index (χ0v) is 8.24. The first-order valence-corrected chi connectivity index (χ1v) is 5.44. The molecule has 76 valence electrons. The zero-order chi connectivity index (χ0) is 9.10. The summed E-state index contributed by atoms with van der Waals surface area (Å²) < 4.78 is 5.77. The summed E-state index contributed by atoms with van der Waals surface area (Å²) >= 11 is 0. The standard InChI is InChI=1S/C10H20N2O/c11-4-7-13-10-3-6-12-5-1-2-9(10)8-12/h9-10H,1-8,11H2. The van der Waals surface area contributed by atoms with Crippen LogP contribution in [-0.2, 0) is 4.74 Å². The summed E-state index contributed by atoms with van der Waals surface area (Å²) in [4.78, 5) is 2.57. The first kappa shape index (κ1) is 9.44. The Labute approximate surface area is 80.2 Å². The van der Waals surface area contributed by atoms with Gasteiger partial charge in [-0.25, -0.2) is 0 Å². The first-order valence-electron chi connectivity index (χ1n) is 5.44. The Kier molecular flexibility index (Phi) is 3.19. The summed E-state index contributed by atoms with van der Waals surface area (Å²) in [5, 5.41) is 0. The van der Waals surface area contributed by atoms with Gasteiger partial charge in [-0.3, -0.25) is 0 Å². The van der Waals surface area contributed by atoms with E-state index in [1.54, 1.807) is 0 Å². The van der Waals surface area contributed by atoms with Gasteiger partial charge < -0.3 is 15.4 Å². The van der Waals surface area contributed by atoms with Crippen LogP contribution in [-0.4, -0.2) is 43.8 Å². The molecule has 2 fully saturated rings. The van der Waals surface area contributed by atoms with Crippen LogP contribution >= 0.6 is 0 Å². The molecular weight excluding hydrogens is 164 g/mol. The van der Waals surface area contributed by atoms with E-state index in [4.69, 9.17) is 10.5 Å². The molecule has 13 heavy (non-hydrogen) atoms. The van der Waals surface area contributed by atoms with Crippen LogP contribution in [0.2, 0.25) is 0 Å². The maximum absolute atomic E-state index is 5.77. The third-order valence-corrected chi connectivity index (χ3v) is 3.25. The lowest BCUT2D eigenvalue weighted by Gasteiger charge is -2.42. The second-order valence-corrected chi connectivity index (χ2v) is 4.19. The van der Waals surface area contributed by atoms with Crippen LogP contribution in [0.25, 0.3) is 0 Å². The average molecular weight is 184 g/mol. The third kappa shape index (κ3) is 2.22. The fraction of sp³-hybridized carbons (Fsp3) is 1.00. The number of rotatable bonds is 3. The molecule has 3 nitrogen and oxygen atoms in total. The fourth-order valence-corrected chi connectivity index (χ4v) is 2.58. The molecule has 0 aromatic rings. The summed E-state index contributed by atoms with van der Waals surface area (Å²) in [5.74, 6) is 0.786. The Hall–Kier alpha value is -0.120. The number of fused-ring (bicyclic) bond motifs is 2. The van der Waals surface area contributed by atoms with E-state index in [0.29, 0.717) is 12.6 Å². The Balaban J connectivity index is 1.83. The minimum Gasteiger partial charge on any atom is -0.377 e. The van der Waals surface area contributed by atoms with E-state index < -0.39 is 0 Å². The summed E-state index contributed by atoms with van der Waals surface area (Å²) in [6, 6.07) is 0. The molecule has 0 amide bonds. The molecule has 2 aliphatic rings. The van der Waals surface area contributed by atoms with E-state index in [1.807, 2.05) is 0 Å². The van der Waals surface area contributed by atoms with Gasteiger partial charge in [0, 0.05) is 19.6 Å². The summed E-state index contributed by atoms with van der Waals surface area (Å²) in [5.41, 5.74) is 5.44. The van der Waals surface area contributed by atoms with Crippen molar-refractivity contribution in [3.05, 3.63) is 0 Å². The van der Waals surface area contributed by atoms with Crippen molar-refractivity contribution in [1.82, 2.24) is 4.90 Å². The van der Waals surface area contributed by atoms with Gasteiger partial charge in [-0.2, -0.15) is 0 Å². The number of nitrogens with zero attached hydrogens (tertiary/aromatic N) is 1. The number of hydrogen-bond acceptors (Lipinski definition) is 3. The van der Waals surface area contributed by atoms with E-state index in [9.17, 15) is 0 Å². The van der Waals surface area contributed by atoms with Crippen LogP contribution in [0.1, 0.15) is 19.3 Å². The minimum atomic E-state index is 0.500. The van der Waals surface area contributed by atoms with Crippen LogP contribution in [0.15, 0.2) is 0 Å². The molecule has 3 heteroatoms. The number of hydrogen-bond donors (Lipinski definition) is 1. The van der Waals surface area contributed by atoms with Crippen molar-refractivity contribution in [1.29, 1.82) is 0 Å². The Bertz CT molecular complexity index is 161. The molecule has 3 atom stereocenters. The number of ether oxygens (including phenoxy) is 1. The van der Waals surface area contributed by atoms with Crippen molar-refractivity contribution in [2.45, 2.75) is 25.4 Å². The van der Waals surface area contributed by atoms with E-state index in [2.05, 4.69) is 4.90 Å². The molecule has 0 spiro atoms. The average Bonchev–Trinajstić information content (AvgIpc) is 2.18. The molecule has 2 aliphatic heterocycles. The maximum Gasteiger partial charge on any atom is 0.0628 e. The largest absolute Gasteiger partial charge is 0.377 e. The molecule has 0 aromatic heterocycles. The van der Waals surface area contributed by atoms with Crippen LogP contribution in [0.5, 0.6) is 0 Å². The van der Waals surface area contributed by atoms with Gasteiger partial charge >= 0.3 is 0 Å². The van der Waals surface area contributed by atoms with Crippen LogP contribution < -0.4 is 5.73 Å². The lowest BCUT2D eigenvalue weighted by molar-refractivity contribution is -0.0478. The molecule has 3 unspecified atom stereocenters. The third-order valence-electron chi connectivity index (χ3n) is 3.25. The first-order chi connectivity index (χ1) is 6.40. The van der Waals surface area contributed by atoms with Crippen molar-refractivity contribution < 1.29 is 4.74 Å². The van der Waals surface area contributed by atoms with Crippen LogP contribution in [0.4, 0.5) is 0 Å². The van der Waals surface area contributed by atoms with E-state index in [-0.39, 0.29) is 0 Å². The van der Waals surface area contributed by atoms with Crippen molar-refractivity contribution in [2.24, 2.45) is 11.7 Å². The van der Waals surface area contributed by atoms with Gasteiger partial charge in [0.25, 0.3) is 0 Å². The SMILES string of the molecule is NCCOC1CCN2CCCC1C2. The highest BCUT2D eigenvalue weighted by atomic mass is 16.5. The Morgan fingerprint density at radius 3 is 3.08 bits per heavy atom. The second kappa shape index (κ2) is 4.40. The smallest absolute Gasteiger partial charge is 0.0628 e. The zero-order valence-electron chi connectivity index (χ0n) is 8.24. The predicted molar refractivity (Wildman–Crippen MR) is 52.6 cm³/mol.